The normalized spacial score (nSPS) is 13.3. The van der Waals surface area contributed by atoms with Gasteiger partial charge in [0.2, 0.25) is 0 Å². The fourth-order valence-electron chi connectivity index (χ4n) is 5.12. The van der Waals surface area contributed by atoms with Crippen LogP contribution in [0.25, 0.3) is 11.1 Å². The van der Waals surface area contributed by atoms with E-state index in [1.54, 1.807) is 62.3 Å². The second-order valence-electron chi connectivity index (χ2n) is 10.6. The second-order valence-corrected chi connectivity index (χ2v) is 10.6. The summed E-state index contributed by atoms with van der Waals surface area (Å²) in [5.74, 6) is 0.901. The number of aromatic nitrogens is 1. The zero-order valence-corrected chi connectivity index (χ0v) is 25.2. The van der Waals surface area contributed by atoms with Crippen LogP contribution in [0.3, 0.4) is 0 Å². The van der Waals surface area contributed by atoms with E-state index < -0.39 is 16.6 Å². The molecule has 0 bridgehead atoms. The third-order valence-corrected chi connectivity index (χ3v) is 7.22. The summed E-state index contributed by atoms with van der Waals surface area (Å²) in [7, 11) is 4.61. The Labute approximate surface area is 258 Å². The molecule has 0 saturated heterocycles. The molecule has 4 aromatic rings. The number of pyridine rings is 1. The van der Waals surface area contributed by atoms with E-state index in [2.05, 4.69) is 15.6 Å². The minimum absolute atomic E-state index is 0.0926. The molecule has 0 atom stereocenters. The van der Waals surface area contributed by atoms with E-state index in [4.69, 9.17) is 18.9 Å². The van der Waals surface area contributed by atoms with Gasteiger partial charge in [-0.3, -0.25) is 25.2 Å². The number of amides is 2. The van der Waals surface area contributed by atoms with Gasteiger partial charge in [0.05, 0.1) is 48.5 Å². The molecule has 13 nitrogen and oxygen atoms in total. The van der Waals surface area contributed by atoms with Gasteiger partial charge in [-0.1, -0.05) is 6.07 Å². The lowest BCUT2D eigenvalue weighted by Crippen LogP contribution is -2.52. The van der Waals surface area contributed by atoms with Crippen molar-refractivity contribution in [3.8, 4) is 34.1 Å². The quantitative estimate of drug-likeness (QED) is 0.169. The first kappa shape index (κ1) is 30.6. The van der Waals surface area contributed by atoms with E-state index in [1.165, 1.54) is 38.6 Å². The number of anilines is 3. The van der Waals surface area contributed by atoms with Crippen LogP contribution in [0.5, 0.6) is 23.0 Å². The van der Waals surface area contributed by atoms with Gasteiger partial charge in [0, 0.05) is 36.5 Å². The fraction of sp³-hybridized carbons (Fsp3) is 0.219. The molecule has 0 spiro atoms. The number of rotatable bonds is 9. The Balaban J connectivity index is 1.55. The number of nitrogens with one attached hydrogen (secondary N) is 2. The Morgan fingerprint density at radius 1 is 1.02 bits per heavy atom. The summed E-state index contributed by atoms with van der Waals surface area (Å²) in [5.41, 5.74) is 2.58. The number of benzene rings is 3. The van der Waals surface area contributed by atoms with Gasteiger partial charge in [0.15, 0.2) is 11.5 Å². The number of non-ortho nitro benzene ring substituents is 1. The van der Waals surface area contributed by atoms with Crippen molar-refractivity contribution < 1.29 is 33.5 Å². The lowest BCUT2D eigenvalue weighted by atomic mass is 9.91. The molecule has 0 saturated carbocycles. The first-order valence-electron chi connectivity index (χ1n) is 13.8. The van der Waals surface area contributed by atoms with Crippen molar-refractivity contribution in [3.63, 3.8) is 0 Å². The monoisotopic (exact) mass is 613 g/mol. The maximum Gasteiger partial charge on any atom is 0.417 e. The Morgan fingerprint density at radius 3 is 2.47 bits per heavy atom. The molecule has 0 radical (unpaired) electrons. The summed E-state index contributed by atoms with van der Waals surface area (Å²) in [4.78, 5) is 42.3. The van der Waals surface area contributed by atoms with Crippen molar-refractivity contribution in [2.45, 2.75) is 26.0 Å². The molecule has 0 fully saturated rings. The first-order valence-corrected chi connectivity index (χ1v) is 13.8. The minimum Gasteiger partial charge on any atom is -0.496 e. The molecule has 1 aromatic heterocycles. The number of methoxy groups -OCH3 is 2. The molecule has 1 aliphatic rings. The molecule has 232 valence electrons. The van der Waals surface area contributed by atoms with Gasteiger partial charge in [0.25, 0.3) is 11.6 Å². The third kappa shape index (κ3) is 6.27. The highest BCUT2D eigenvalue weighted by Gasteiger charge is 2.39. The number of likely N-dealkylation sites (N-methyl/N-ethyl adjacent to an activating group) is 1. The highest BCUT2D eigenvalue weighted by Crippen LogP contribution is 2.45. The highest BCUT2D eigenvalue weighted by molar-refractivity contribution is 6.08. The number of carbonyl (C=O) groups excluding carboxylic acids is 2. The van der Waals surface area contributed by atoms with Crippen LogP contribution >= 0.6 is 0 Å². The molecular formula is C32H31N5O8. The smallest absolute Gasteiger partial charge is 0.417 e. The molecule has 0 aliphatic carbocycles. The van der Waals surface area contributed by atoms with Crippen molar-refractivity contribution >= 4 is 34.7 Å². The summed E-state index contributed by atoms with van der Waals surface area (Å²) in [5, 5.41) is 17.4. The Morgan fingerprint density at radius 2 is 1.78 bits per heavy atom. The van der Waals surface area contributed by atoms with E-state index in [9.17, 15) is 19.7 Å². The summed E-state index contributed by atoms with van der Waals surface area (Å²) in [6.45, 7) is 3.49. The highest BCUT2D eigenvalue weighted by atomic mass is 16.6. The fourth-order valence-corrected chi connectivity index (χ4v) is 5.12. The molecule has 3 aromatic carbocycles. The van der Waals surface area contributed by atoms with Crippen LogP contribution < -0.4 is 34.5 Å². The molecule has 0 unspecified atom stereocenters. The standard InChI is InChI=1S/C32H31N5O8/c1-32(2)30(38)36(3)29-24(18-44-28-15-20(37(40)41)8-13-26(28)42-4)22(11-12-25(29)35-32)23-10-9-21(16-27(23)43-5)45-31(39)34-19-7-6-14-33-17-19/h6-17,35H,18H2,1-5H3,(H,34,39). The largest absolute Gasteiger partial charge is 0.496 e. The minimum atomic E-state index is -0.863. The molecular weight excluding hydrogens is 582 g/mol. The summed E-state index contributed by atoms with van der Waals surface area (Å²) < 4.78 is 22.7. The van der Waals surface area contributed by atoms with E-state index in [0.717, 1.165) is 0 Å². The number of nitro benzene ring substituents is 1. The lowest BCUT2D eigenvalue weighted by molar-refractivity contribution is -0.385. The van der Waals surface area contributed by atoms with Crippen molar-refractivity contribution in [3.05, 3.63) is 88.7 Å². The average molecular weight is 614 g/mol. The predicted molar refractivity (Wildman–Crippen MR) is 167 cm³/mol. The molecule has 2 heterocycles. The van der Waals surface area contributed by atoms with Crippen LogP contribution in [-0.4, -0.2) is 48.7 Å². The number of carbonyl (C=O) groups is 2. The van der Waals surface area contributed by atoms with E-state index in [-0.39, 0.29) is 29.7 Å². The molecule has 5 rings (SSSR count). The number of nitrogens with zero attached hydrogens (tertiary/aromatic N) is 3. The molecule has 1 aliphatic heterocycles. The van der Waals surface area contributed by atoms with Gasteiger partial charge in [-0.05, 0) is 55.8 Å². The van der Waals surface area contributed by atoms with E-state index in [0.29, 0.717) is 45.3 Å². The van der Waals surface area contributed by atoms with Gasteiger partial charge >= 0.3 is 6.09 Å². The number of nitro groups is 1. The van der Waals surface area contributed by atoms with Crippen molar-refractivity contribution in [2.75, 3.05) is 36.8 Å². The van der Waals surface area contributed by atoms with Crippen molar-refractivity contribution in [2.24, 2.45) is 0 Å². The van der Waals surface area contributed by atoms with Crippen LogP contribution in [0, 0.1) is 10.1 Å². The number of fused-ring (bicyclic) bond motifs is 1. The van der Waals surface area contributed by atoms with Crippen LogP contribution in [0.1, 0.15) is 19.4 Å². The number of ether oxygens (including phenoxy) is 4. The van der Waals surface area contributed by atoms with Crippen LogP contribution in [-0.2, 0) is 11.4 Å². The Hall–Kier alpha value is -5.85. The van der Waals surface area contributed by atoms with E-state index >= 15 is 0 Å². The average Bonchev–Trinajstić information content (AvgIpc) is 3.02. The SMILES string of the molecule is COc1ccc([N+](=O)[O-])cc1OCc1c(-c2ccc(OC(=O)Nc3cccnc3)cc2OC)ccc2c1N(C)C(=O)C(C)(C)N2. The van der Waals surface area contributed by atoms with Crippen LogP contribution in [0.4, 0.5) is 27.5 Å². The zero-order valence-electron chi connectivity index (χ0n) is 25.2. The second kappa shape index (κ2) is 12.4. The maximum absolute atomic E-state index is 13.4. The van der Waals surface area contributed by atoms with Gasteiger partial charge in [-0.2, -0.15) is 0 Å². The maximum atomic E-state index is 13.4. The van der Waals surface area contributed by atoms with Gasteiger partial charge < -0.3 is 29.2 Å². The van der Waals surface area contributed by atoms with Gasteiger partial charge in [-0.15, -0.1) is 0 Å². The predicted octanol–water partition coefficient (Wildman–Crippen LogP) is 6.03. The molecule has 45 heavy (non-hydrogen) atoms. The third-order valence-electron chi connectivity index (χ3n) is 7.22. The number of hydrogen-bond donors (Lipinski definition) is 2. The van der Waals surface area contributed by atoms with E-state index in [1.807, 2.05) is 12.1 Å². The van der Waals surface area contributed by atoms with Crippen LogP contribution in [0.15, 0.2) is 73.1 Å². The van der Waals surface area contributed by atoms with Gasteiger partial charge in [-0.25, -0.2) is 4.79 Å². The number of hydrogen-bond acceptors (Lipinski definition) is 10. The molecule has 13 heteroatoms. The Kier molecular flexibility index (Phi) is 8.44. The summed E-state index contributed by atoms with van der Waals surface area (Å²) in [6.07, 6.45) is 2.37. The van der Waals surface area contributed by atoms with Crippen LogP contribution in [0.2, 0.25) is 0 Å². The Bertz CT molecular complexity index is 1780. The molecule has 2 amide bonds. The summed E-state index contributed by atoms with van der Waals surface area (Å²) >= 11 is 0. The molecule has 2 N–H and O–H groups in total. The van der Waals surface area contributed by atoms with Crippen molar-refractivity contribution in [1.29, 1.82) is 0 Å². The summed E-state index contributed by atoms with van der Waals surface area (Å²) in [6, 6.07) is 16.1. The lowest BCUT2D eigenvalue weighted by Gasteiger charge is -2.39. The first-order chi connectivity index (χ1) is 21.5. The van der Waals surface area contributed by atoms with Crippen molar-refractivity contribution in [1.82, 2.24) is 4.98 Å². The topological polar surface area (TPSA) is 154 Å². The van der Waals surface area contributed by atoms with Gasteiger partial charge in [0.1, 0.15) is 23.6 Å². The zero-order chi connectivity index (χ0) is 32.3.